The van der Waals surface area contributed by atoms with Crippen LogP contribution in [0.1, 0.15) is 45.4 Å². The molecule has 1 aromatic rings. The van der Waals surface area contributed by atoms with Crippen LogP contribution in [0.15, 0.2) is 35.9 Å². The minimum absolute atomic E-state index is 0.0761. The average molecular weight is 570 g/mol. The van der Waals surface area contributed by atoms with Crippen molar-refractivity contribution < 1.29 is 29.3 Å². The molecule has 2 aliphatic rings. The van der Waals surface area contributed by atoms with Gasteiger partial charge < -0.3 is 25.2 Å². The van der Waals surface area contributed by atoms with Crippen molar-refractivity contribution in [2.24, 2.45) is 0 Å². The van der Waals surface area contributed by atoms with Crippen molar-refractivity contribution in [1.29, 1.82) is 0 Å². The number of carbonyl (C=O) groups excluding carboxylic acids is 3. The zero-order valence-electron chi connectivity index (χ0n) is 18.7. The molecule has 0 aromatic heterocycles. The van der Waals surface area contributed by atoms with E-state index in [1.807, 2.05) is 18.2 Å². The van der Waals surface area contributed by atoms with E-state index < -0.39 is 35.8 Å². The SMILES string of the molecule is CCC(=O)C(=O)N(C1CCCC1)C1CC(C(=O)NCCO)=CC(Oc2ccccc2I)C1O. The van der Waals surface area contributed by atoms with Gasteiger partial charge in [0.2, 0.25) is 11.7 Å². The number of rotatable bonds is 9. The molecule has 3 rings (SSSR count). The molecule has 3 atom stereocenters. The summed E-state index contributed by atoms with van der Waals surface area (Å²) in [7, 11) is 0. The highest BCUT2D eigenvalue weighted by Gasteiger charge is 2.44. The van der Waals surface area contributed by atoms with E-state index in [0.717, 1.165) is 29.3 Å². The lowest BCUT2D eigenvalue weighted by atomic mass is 9.87. The minimum Gasteiger partial charge on any atom is -0.482 e. The fourth-order valence-electron chi connectivity index (χ4n) is 4.50. The summed E-state index contributed by atoms with van der Waals surface area (Å²) in [5.74, 6) is -0.959. The molecule has 0 saturated heterocycles. The molecule has 8 nitrogen and oxygen atoms in total. The molecule has 1 saturated carbocycles. The van der Waals surface area contributed by atoms with Gasteiger partial charge in [-0.1, -0.05) is 31.9 Å². The quantitative estimate of drug-likeness (QED) is 0.309. The molecule has 2 aliphatic carbocycles. The molecular weight excluding hydrogens is 539 g/mol. The summed E-state index contributed by atoms with van der Waals surface area (Å²) in [6, 6.07) is 6.40. The molecule has 0 aliphatic heterocycles. The Balaban J connectivity index is 1.97. The minimum atomic E-state index is -1.12. The number of aliphatic hydroxyl groups excluding tert-OH is 2. The van der Waals surface area contributed by atoms with E-state index in [-0.39, 0.29) is 32.0 Å². The first-order chi connectivity index (χ1) is 15.9. The number of nitrogens with one attached hydrogen (secondary N) is 1. The number of halogens is 1. The van der Waals surface area contributed by atoms with Gasteiger partial charge in [-0.2, -0.15) is 0 Å². The fraction of sp³-hybridized carbons (Fsp3) is 0.542. The summed E-state index contributed by atoms with van der Waals surface area (Å²) in [6.45, 7) is 1.53. The fourth-order valence-corrected chi connectivity index (χ4v) is 5.01. The third kappa shape index (κ3) is 6.13. The van der Waals surface area contributed by atoms with Crippen molar-refractivity contribution in [3.63, 3.8) is 0 Å². The van der Waals surface area contributed by atoms with Crippen molar-refractivity contribution in [2.75, 3.05) is 13.2 Å². The highest BCUT2D eigenvalue weighted by Crippen LogP contribution is 2.34. The van der Waals surface area contributed by atoms with Crippen LogP contribution < -0.4 is 10.1 Å². The standard InChI is InChI=1S/C24H31IN2O6/c1-2-19(29)24(32)27(16-7-3-4-8-16)18-13-15(23(31)26-11-12-28)14-21(22(18)30)33-20-10-6-5-9-17(20)25/h5-6,9-10,14,16,18,21-22,28,30H,2-4,7-8,11-13H2,1H3,(H,26,31). The molecular formula is C24H31IN2O6. The molecule has 0 bridgehead atoms. The van der Waals surface area contributed by atoms with E-state index in [0.29, 0.717) is 11.3 Å². The second-order valence-corrected chi connectivity index (χ2v) is 9.54. The second kappa shape index (κ2) is 11.9. The van der Waals surface area contributed by atoms with Crippen LogP contribution in [0.25, 0.3) is 0 Å². The first-order valence-electron chi connectivity index (χ1n) is 11.4. The summed E-state index contributed by atoms with van der Waals surface area (Å²) in [4.78, 5) is 39.8. The van der Waals surface area contributed by atoms with Crippen LogP contribution in [0.3, 0.4) is 0 Å². The molecule has 180 valence electrons. The number of ether oxygens (including phenoxy) is 1. The lowest BCUT2D eigenvalue weighted by Gasteiger charge is -2.43. The van der Waals surface area contributed by atoms with Crippen molar-refractivity contribution in [1.82, 2.24) is 10.2 Å². The maximum Gasteiger partial charge on any atom is 0.290 e. The molecule has 2 amide bonds. The maximum absolute atomic E-state index is 13.1. The number of hydrogen-bond donors (Lipinski definition) is 3. The van der Waals surface area contributed by atoms with E-state index in [4.69, 9.17) is 9.84 Å². The Labute approximate surface area is 207 Å². The van der Waals surface area contributed by atoms with Crippen molar-refractivity contribution in [2.45, 2.75) is 69.7 Å². The van der Waals surface area contributed by atoms with Crippen LogP contribution in [0.2, 0.25) is 0 Å². The van der Waals surface area contributed by atoms with E-state index in [2.05, 4.69) is 27.9 Å². The maximum atomic E-state index is 13.1. The van der Waals surface area contributed by atoms with Gasteiger partial charge in [-0.3, -0.25) is 14.4 Å². The first-order valence-corrected chi connectivity index (χ1v) is 12.5. The van der Waals surface area contributed by atoms with Crippen molar-refractivity contribution >= 4 is 40.2 Å². The van der Waals surface area contributed by atoms with E-state index in [9.17, 15) is 19.5 Å². The van der Waals surface area contributed by atoms with Gasteiger partial charge in [-0.25, -0.2) is 0 Å². The van der Waals surface area contributed by atoms with Gasteiger partial charge in [0, 0.05) is 31.0 Å². The van der Waals surface area contributed by atoms with E-state index in [1.54, 1.807) is 19.1 Å². The zero-order valence-corrected chi connectivity index (χ0v) is 20.9. The highest BCUT2D eigenvalue weighted by atomic mass is 127. The smallest absolute Gasteiger partial charge is 0.290 e. The van der Waals surface area contributed by atoms with Gasteiger partial charge >= 0.3 is 0 Å². The summed E-state index contributed by atoms with van der Waals surface area (Å²) < 4.78 is 6.95. The number of Topliss-reactive ketones (excluding diaryl/α,β-unsaturated/α-hetero) is 1. The Kier molecular flexibility index (Phi) is 9.27. The average Bonchev–Trinajstić information content (AvgIpc) is 3.34. The summed E-state index contributed by atoms with van der Waals surface area (Å²) in [6.07, 6.45) is 3.14. The molecule has 1 fully saturated rings. The Morgan fingerprint density at radius 3 is 2.55 bits per heavy atom. The predicted octanol–water partition coefficient (Wildman–Crippen LogP) is 1.96. The Bertz CT molecular complexity index is 899. The lowest BCUT2D eigenvalue weighted by molar-refractivity contribution is -0.151. The zero-order chi connectivity index (χ0) is 24.0. The third-order valence-electron chi connectivity index (χ3n) is 6.18. The number of carbonyl (C=O) groups is 3. The lowest BCUT2D eigenvalue weighted by Crippen LogP contribution is -2.59. The number of nitrogens with zero attached hydrogens (tertiary/aromatic N) is 1. The molecule has 0 spiro atoms. The van der Waals surface area contributed by atoms with Crippen LogP contribution >= 0.6 is 22.6 Å². The molecule has 9 heteroatoms. The largest absolute Gasteiger partial charge is 0.482 e. The van der Waals surface area contributed by atoms with Crippen LogP contribution in [0.4, 0.5) is 0 Å². The van der Waals surface area contributed by atoms with Crippen molar-refractivity contribution in [3.8, 4) is 5.75 Å². The molecule has 0 radical (unpaired) electrons. The van der Waals surface area contributed by atoms with E-state index >= 15 is 0 Å². The van der Waals surface area contributed by atoms with Crippen LogP contribution in [-0.4, -0.2) is 70.2 Å². The summed E-state index contributed by atoms with van der Waals surface area (Å²) >= 11 is 2.13. The molecule has 3 unspecified atom stereocenters. The van der Waals surface area contributed by atoms with Crippen LogP contribution in [-0.2, 0) is 14.4 Å². The number of amides is 2. The molecule has 0 heterocycles. The Morgan fingerprint density at radius 2 is 1.91 bits per heavy atom. The summed E-state index contributed by atoms with van der Waals surface area (Å²) in [5, 5.41) is 23.1. The molecule has 33 heavy (non-hydrogen) atoms. The normalized spacial score (nSPS) is 23.0. The van der Waals surface area contributed by atoms with Gasteiger partial charge in [-0.05, 0) is 53.6 Å². The van der Waals surface area contributed by atoms with Crippen LogP contribution in [0, 0.1) is 3.57 Å². The van der Waals surface area contributed by atoms with Gasteiger partial charge in [0.05, 0.1) is 16.2 Å². The Hall–Kier alpha value is -1.98. The third-order valence-corrected chi connectivity index (χ3v) is 7.07. The number of benzene rings is 1. The van der Waals surface area contributed by atoms with Crippen molar-refractivity contribution in [3.05, 3.63) is 39.5 Å². The highest BCUT2D eigenvalue weighted by molar-refractivity contribution is 14.1. The molecule has 1 aromatic carbocycles. The Morgan fingerprint density at radius 1 is 1.21 bits per heavy atom. The van der Waals surface area contributed by atoms with E-state index in [1.165, 1.54) is 4.90 Å². The number of ketones is 1. The number of para-hydroxylation sites is 1. The predicted molar refractivity (Wildman–Crippen MR) is 131 cm³/mol. The number of aliphatic hydroxyl groups is 2. The second-order valence-electron chi connectivity index (χ2n) is 8.37. The van der Waals surface area contributed by atoms with Gasteiger partial charge in [0.1, 0.15) is 18.0 Å². The van der Waals surface area contributed by atoms with Crippen LogP contribution in [0.5, 0.6) is 5.75 Å². The van der Waals surface area contributed by atoms with Gasteiger partial charge in [0.15, 0.2) is 0 Å². The monoisotopic (exact) mass is 570 g/mol. The molecule has 3 N–H and O–H groups in total. The number of hydrogen-bond acceptors (Lipinski definition) is 6. The first kappa shape index (κ1) is 25.6. The van der Waals surface area contributed by atoms with Gasteiger partial charge in [-0.15, -0.1) is 0 Å². The summed E-state index contributed by atoms with van der Waals surface area (Å²) in [5.41, 5.74) is 0.356. The topological polar surface area (TPSA) is 116 Å². The van der Waals surface area contributed by atoms with Gasteiger partial charge in [0.25, 0.3) is 5.91 Å².